The van der Waals surface area contributed by atoms with Gasteiger partial charge in [0.1, 0.15) is 0 Å². The maximum Gasteiger partial charge on any atom is 0.218 e. The molecule has 2 N–H and O–H groups in total. The monoisotopic (exact) mass is 164 g/mol. The summed E-state index contributed by atoms with van der Waals surface area (Å²) in [7, 11) is 0. The molecule has 1 rings (SSSR count). The van der Waals surface area contributed by atoms with Crippen LogP contribution in [-0.2, 0) is 4.79 Å². The quantitative estimate of drug-likeness (QED) is 0.726. The molecule has 0 bridgehead atoms. The summed E-state index contributed by atoms with van der Waals surface area (Å²) in [4.78, 5) is 14.5. The first-order valence-corrected chi connectivity index (χ1v) is 3.88. The van der Waals surface area contributed by atoms with Crippen LogP contribution in [0.4, 0.5) is 0 Å². The molecule has 0 aliphatic carbocycles. The van der Waals surface area contributed by atoms with Crippen molar-refractivity contribution in [3.05, 3.63) is 30.1 Å². The molecule has 0 aliphatic rings. The van der Waals surface area contributed by atoms with E-state index in [4.69, 9.17) is 5.73 Å². The van der Waals surface area contributed by atoms with Gasteiger partial charge in [-0.25, -0.2) is 0 Å². The Morgan fingerprint density at radius 1 is 1.75 bits per heavy atom. The maximum atomic E-state index is 10.6. The van der Waals surface area contributed by atoms with Crippen LogP contribution >= 0.6 is 0 Å². The topological polar surface area (TPSA) is 56.0 Å². The fourth-order valence-electron chi connectivity index (χ4n) is 1.09. The molecule has 1 aromatic heterocycles. The first kappa shape index (κ1) is 8.71. The Kier molecular flexibility index (Phi) is 2.80. The van der Waals surface area contributed by atoms with Crippen LogP contribution in [0.2, 0.25) is 0 Å². The molecule has 0 spiro atoms. The molecule has 0 saturated heterocycles. The largest absolute Gasteiger partial charge is 0.370 e. The molecule has 0 radical (unpaired) electrons. The summed E-state index contributed by atoms with van der Waals surface area (Å²) < 4.78 is 0. The van der Waals surface area contributed by atoms with Crippen molar-refractivity contribution in [2.24, 2.45) is 5.73 Å². The summed E-state index contributed by atoms with van der Waals surface area (Å²) in [6.07, 6.45) is 3.85. The zero-order valence-corrected chi connectivity index (χ0v) is 7.03. The number of carbonyl (C=O) groups is 1. The number of rotatable bonds is 3. The van der Waals surface area contributed by atoms with Crippen LogP contribution in [-0.4, -0.2) is 10.9 Å². The molecule has 0 saturated carbocycles. The second-order valence-electron chi connectivity index (χ2n) is 2.86. The molecule has 3 heteroatoms. The highest BCUT2D eigenvalue weighted by Gasteiger charge is 2.07. The van der Waals surface area contributed by atoms with E-state index in [0.717, 1.165) is 5.56 Å². The summed E-state index contributed by atoms with van der Waals surface area (Å²) in [5.74, 6) is -0.109. The minimum atomic E-state index is -0.272. The Labute approximate surface area is 71.6 Å². The average molecular weight is 164 g/mol. The standard InChI is InChI=1S/C9H12N2O/c1-7(5-9(10)12)8-3-2-4-11-6-8/h2-4,6-7H,5H2,1H3,(H2,10,12). The normalized spacial score (nSPS) is 12.4. The molecule has 1 amide bonds. The van der Waals surface area contributed by atoms with Crippen LogP contribution in [0.1, 0.15) is 24.8 Å². The van der Waals surface area contributed by atoms with Gasteiger partial charge in [0.25, 0.3) is 0 Å². The molecule has 3 nitrogen and oxygen atoms in total. The van der Waals surface area contributed by atoms with Gasteiger partial charge in [-0.1, -0.05) is 13.0 Å². The lowest BCUT2D eigenvalue weighted by Crippen LogP contribution is -2.13. The summed E-state index contributed by atoms with van der Waals surface area (Å²) in [5, 5.41) is 0. The van der Waals surface area contributed by atoms with Crippen molar-refractivity contribution in [2.75, 3.05) is 0 Å². The summed E-state index contributed by atoms with van der Waals surface area (Å²) in [5.41, 5.74) is 6.12. The number of hydrogen-bond donors (Lipinski definition) is 1. The molecule has 64 valence electrons. The van der Waals surface area contributed by atoms with Gasteiger partial charge in [0, 0.05) is 18.8 Å². The molecule has 12 heavy (non-hydrogen) atoms. The average Bonchev–Trinajstić information content (AvgIpc) is 2.05. The lowest BCUT2D eigenvalue weighted by atomic mass is 10.00. The van der Waals surface area contributed by atoms with E-state index >= 15 is 0 Å². The summed E-state index contributed by atoms with van der Waals surface area (Å²) in [6, 6.07) is 3.80. The van der Waals surface area contributed by atoms with E-state index in [0.29, 0.717) is 6.42 Å². The van der Waals surface area contributed by atoms with E-state index in [1.165, 1.54) is 0 Å². The van der Waals surface area contributed by atoms with Gasteiger partial charge in [0.15, 0.2) is 0 Å². The smallest absolute Gasteiger partial charge is 0.218 e. The molecule has 1 atom stereocenters. The SMILES string of the molecule is CC(CC(N)=O)c1cccnc1. The van der Waals surface area contributed by atoms with Crippen LogP contribution in [0.25, 0.3) is 0 Å². The molecule has 1 unspecified atom stereocenters. The van der Waals surface area contributed by atoms with E-state index in [1.807, 2.05) is 19.1 Å². The van der Waals surface area contributed by atoms with Gasteiger partial charge in [0.2, 0.25) is 5.91 Å². The van der Waals surface area contributed by atoms with Crippen molar-refractivity contribution in [2.45, 2.75) is 19.3 Å². The molecule has 0 aliphatic heterocycles. The zero-order chi connectivity index (χ0) is 8.97. The predicted octanol–water partition coefficient (Wildman–Crippen LogP) is 1.06. The number of pyridine rings is 1. The second kappa shape index (κ2) is 3.85. The van der Waals surface area contributed by atoms with Crippen molar-refractivity contribution in [1.82, 2.24) is 4.98 Å². The van der Waals surface area contributed by atoms with Crippen LogP contribution in [0.5, 0.6) is 0 Å². The number of amides is 1. The van der Waals surface area contributed by atoms with E-state index in [-0.39, 0.29) is 11.8 Å². The Hall–Kier alpha value is -1.38. The number of nitrogens with zero attached hydrogens (tertiary/aromatic N) is 1. The predicted molar refractivity (Wildman–Crippen MR) is 46.5 cm³/mol. The van der Waals surface area contributed by atoms with Crippen LogP contribution in [0.15, 0.2) is 24.5 Å². The van der Waals surface area contributed by atoms with Gasteiger partial charge in [-0.3, -0.25) is 9.78 Å². The minimum absolute atomic E-state index is 0.163. The molecule has 1 aromatic rings. The van der Waals surface area contributed by atoms with Crippen LogP contribution in [0, 0.1) is 0 Å². The van der Waals surface area contributed by atoms with E-state index in [1.54, 1.807) is 12.4 Å². The van der Waals surface area contributed by atoms with Crippen molar-refractivity contribution in [1.29, 1.82) is 0 Å². The van der Waals surface area contributed by atoms with Gasteiger partial charge < -0.3 is 5.73 Å². The van der Waals surface area contributed by atoms with Gasteiger partial charge in [-0.15, -0.1) is 0 Å². The van der Waals surface area contributed by atoms with Gasteiger partial charge in [-0.05, 0) is 17.5 Å². The number of aromatic nitrogens is 1. The summed E-state index contributed by atoms with van der Waals surface area (Å²) >= 11 is 0. The Bertz CT molecular complexity index is 258. The molecular formula is C9H12N2O. The third-order valence-corrected chi connectivity index (χ3v) is 1.76. The number of primary amides is 1. The third-order valence-electron chi connectivity index (χ3n) is 1.76. The first-order chi connectivity index (χ1) is 5.70. The maximum absolute atomic E-state index is 10.6. The lowest BCUT2D eigenvalue weighted by Gasteiger charge is -2.07. The van der Waals surface area contributed by atoms with Gasteiger partial charge >= 0.3 is 0 Å². The Morgan fingerprint density at radius 2 is 2.50 bits per heavy atom. The molecule has 1 heterocycles. The first-order valence-electron chi connectivity index (χ1n) is 3.88. The van der Waals surface area contributed by atoms with Gasteiger partial charge in [-0.2, -0.15) is 0 Å². The zero-order valence-electron chi connectivity index (χ0n) is 7.03. The number of hydrogen-bond acceptors (Lipinski definition) is 2. The van der Waals surface area contributed by atoms with Gasteiger partial charge in [0.05, 0.1) is 0 Å². The molecule has 0 fully saturated rings. The van der Waals surface area contributed by atoms with Crippen molar-refractivity contribution < 1.29 is 4.79 Å². The van der Waals surface area contributed by atoms with Crippen LogP contribution in [0.3, 0.4) is 0 Å². The fraction of sp³-hybridized carbons (Fsp3) is 0.333. The fourth-order valence-corrected chi connectivity index (χ4v) is 1.09. The number of nitrogens with two attached hydrogens (primary N) is 1. The highest BCUT2D eigenvalue weighted by atomic mass is 16.1. The lowest BCUT2D eigenvalue weighted by molar-refractivity contribution is -0.118. The number of carbonyl (C=O) groups excluding carboxylic acids is 1. The van der Waals surface area contributed by atoms with Crippen molar-refractivity contribution >= 4 is 5.91 Å². The summed E-state index contributed by atoms with van der Waals surface area (Å²) in [6.45, 7) is 1.96. The van der Waals surface area contributed by atoms with E-state index < -0.39 is 0 Å². The Balaban J connectivity index is 2.65. The highest BCUT2D eigenvalue weighted by Crippen LogP contribution is 2.16. The van der Waals surface area contributed by atoms with Crippen molar-refractivity contribution in [3.8, 4) is 0 Å². The van der Waals surface area contributed by atoms with E-state index in [2.05, 4.69) is 4.98 Å². The third kappa shape index (κ3) is 2.34. The van der Waals surface area contributed by atoms with Crippen LogP contribution < -0.4 is 5.73 Å². The molecule has 0 aromatic carbocycles. The second-order valence-corrected chi connectivity index (χ2v) is 2.86. The Morgan fingerprint density at radius 3 is 3.00 bits per heavy atom. The van der Waals surface area contributed by atoms with E-state index in [9.17, 15) is 4.79 Å². The van der Waals surface area contributed by atoms with Crippen molar-refractivity contribution in [3.63, 3.8) is 0 Å². The molecular weight excluding hydrogens is 152 g/mol. The highest BCUT2D eigenvalue weighted by molar-refractivity contribution is 5.74. The minimum Gasteiger partial charge on any atom is -0.370 e.